The molecule has 0 aromatic rings. The lowest BCUT2D eigenvalue weighted by Crippen LogP contribution is -2.45. The first kappa shape index (κ1) is 12.0. The van der Waals surface area contributed by atoms with Gasteiger partial charge < -0.3 is 10.2 Å². The lowest BCUT2D eigenvalue weighted by Gasteiger charge is -2.37. The van der Waals surface area contributed by atoms with Gasteiger partial charge in [0.2, 0.25) is 0 Å². The molecular weight excluding hydrogens is 178 g/mol. The molecule has 0 heterocycles. The summed E-state index contributed by atoms with van der Waals surface area (Å²) in [5, 5.41) is 18.2. The summed E-state index contributed by atoms with van der Waals surface area (Å²) >= 11 is 0. The molecule has 1 aliphatic carbocycles. The van der Waals surface area contributed by atoms with Crippen molar-refractivity contribution < 1.29 is 10.2 Å². The van der Waals surface area contributed by atoms with Crippen LogP contribution in [-0.2, 0) is 0 Å². The second kappa shape index (κ2) is 5.69. The van der Waals surface area contributed by atoms with Crippen LogP contribution in [0.15, 0.2) is 0 Å². The molecule has 0 atom stereocenters. The van der Waals surface area contributed by atoms with Gasteiger partial charge in [0.05, 0.1) is 19.3 Å². The fourth-order valence-electron chi connectivity index (χ4n) is 2.26. The van der Waals surface area contributed by atoms with Crippen molar-refractivity contribution in [3.8, 4) is 0 Å². The highest BCUT2D eigenvalue weighted by atomic mass is 16.3. The number of aliphatic hydroxyl groups excluding tert-OH is 2. The van der Waals surface area contributed by atoms with Crippen molar-refractivity contribution in [2.24, 2.45) is 5.92 Å². The van der Waals surface area contributed by atoms with Gasteiger partial charge in [0.1, 0.15) is 0 Å². The predicted octanol–water partition coefficient (Wildman–Crippen LogP) is 0.850. The van der Waals surface area contributed by atoms with E-state index < -0.39 is 0 Å². The van der Waals surface area contributed by atoms with Crippen LogP contribution in [0.3, 0.4) is 0 Å². The molecule has 0 amide bonds. The summed E-state index contributed by atoms with van der Waals surface area (Å²) < 4.78 is 0. The maximum atomic E-state index is 9.08. The van der Waals surface area contributed by atoms with Crippen LogP contribution in [0, 0.1) is 5.92 Å². The molecule has 0 radical (unpaired) electrons. The molecule has 0 aromatic carbocycles. The lowest BCUT2D eigenvalue weighted by atomic mass is 9.86. The van der Waals surface area contributed by atoms with Crippen molar-refractivity contribution in [2.75, 3.05) is 20.3 Å². The molecule has 0 aromatic heterocycles. The summed E-state index contributed by atoms with van der Waals surface area (Å²) in [7, 11) is 2.01. The molecule has 84 valence electrons. The average molecular weight is 201 g/mol. The van der Waals surface area contributed by atoms with Crippen LogP contribution in [0.1, 0.15) is 32.6 Å². The molecule has 1 rings (SSSR count). The van der Waals surface area contributed by atoms with E-state index in [0.717, 1.165) is 5.92 Å². The fraction of sp³-hybridized carbons (Fsp3) is 1.00. The molecule has 3 nitrogen and oxygen atoms in total. The molecule has 14 heavy (non-hydrogen) atoms. The highest BCUT2D eigenvalue weighted by molar-refractivity contribution is 4.80. The van der Waals surface area contributed by atoms with Gasteiger partial charge in [-0.15, -0.1) is 0 Å². The maximum absolute atomic E-state index is 9.08. The first-order valence-electron chi connectivity index (χ1n) is 5.62. The molecule has 0 bridgehead atoms. The van der Waals surface area contributed by atoms with Crippen LogP contribution in [0.5, 0.6) is 0 Å². The summed E-state index contributed by atoms with van der Waals surface area (Å²) in [5.41, 5.74) is 0. The van der Waals surface area contributed by atoms with E-state index in [1.165, 1.54) is 25.7 Å². The van der Waals surface area contributed by atoms with Gasteiger partial charge in [0.15, 0.2) is 0 Å². The maximum Gasteiger partial charge on any atom is 0.0609 e. The fourth-order valence-corrected chi connectivity index (χ4v) is 2.26. The summed E-state index contributed by atoms with van der Waals surface area (Å²) in [6, 6.07) is 0.476. The van der Waals surface area contributed by atoms with E-state index in [9.17, 15) is 0 Å². The second-order valence-corrected chi connectivity index (χ2v) is 4.60. The number of rotatable bonds is 4. The predicted molar refractivity (Wildman–Crippen MR) is 57.1 cm³/mol. The number of hydrogen-bond donors (Lipinski definition) is 2. The van der Waals surface area contributed by atoms with Gasteiger partial charge in [-0.3, -0.25) is 4.90 Å². The molecule has 0 aliphatic heterocycles. The van der Waals surface area contributed by atoms with Gasteiger partial charge in [-0.05, 0) is 38.6 Å². The second-order valence-electron chi connectivity index (χ2n) is 4.60. The number of aliphatic hydroxyl groups is 2. The smallest absolute Gasteiger partial charge is 0.0609 e. The Balaban J connectivity index is 2.39. The van der Waals surface area contributed by atoms with E-state index in [1.807, 2.05) is 7.05 Å². The zero-order valence-corrected chi connectivity index (χ0v) is 9.32. The van der Waals surface area contributed by atoms with E-state index >= 15 is 0 Å². The highest BCUT2D eigenvalue weighted by Crippen LogP contribution is 2.27. The number of likely N-dealkylation sites (N-methyl/N-ethyl adjacent to an activating group) is 1. The minimum Gasteiger partial charge on any atom is -0.395 e. The van der Waals surface area contributed by atoms with Crippen molar-refractivity contribution in [1.29, 1.82) is 0 Å². The zero-order chi connectivity index (χ0) is 10.6. The standard InChI is InChI=1S/C11H23NO2/c1-9-3-5-10(6-4-9)12(2)11(7-13)8-14/h9-11,13-14H,3-8H2,1-2H3. The van der Waals surface area contributed by atoms with Gasteiger partial charge in [-0.1, -0.05) is 6.92 Å². The quantitative estimate of drug-likeness (QED) is 0.708. The van der Waals surface area contributed by atoms with E-state index in [-0.39, 0.29) is 19.3 Å². The van der Waals surface area contributed by atoms with Crippen molar-refractivity contribution in [3.05, 3.63) is 0 Å². The minimum absolute atomic E-state index is 0.0546. The highest BCUT2D eigenvalue weighted by Gasteiger charge is 2.25. The Bertz CT molecular complexity index is 151. The van der Waals surface area contributed by atoms with Crippen LogP contribution in [0.2, 0.25) is 0 Å². The molecule has 1 aliphatic rings. The molecule has 2 N–H and O–H groups in total. The van der Waals surface area contributed by atoms with Crippen LogP contribution in [0.4, 0.5) is 0 Å². The Morgan fingerprint density at radius 3 is 2.07 bits per heavy atom. The molecule has 3 heteroatoms. The molecular formula is C11H23NO2. The Morgan fingerprint density at radius 1 is 1.14 bits per heavy atom. The molecule has 0 spiro atoms. The Hall–Kier alpha value is -0.120. The Labute approximate surface area is 86.7 Å². The van der Waals surface area contributed by atoms with Gasteiger partial charge in [0, 0.05) is 6.04 Å². The summed E-state index contributed by atoms with van der Waals surface area (Å²) in [6.07, 6.45) is 4.96. The Kier molecular flexibility index (Phi) is 4.85. The zero-order valence-electron chi connectivity index (χ0n) is 9.32. The monoisotopic (exact) mass is 201 g/mol. The lowest BCUT2D eigenvalue weighted by molar-refractivity contribution is 0.0464. The van der Waals surface area contributed by atoms with Gasteiger partial charge in [-0.25, -0.2) is 0 Å². The molecule has 1 fully saturated rings. The minimum atomic E-state index is -0.0755. The summed E-state index contributed by atoms with van der Waals surface area (Å²) in [6.45, 7) is 2.41. The third-order valence-electron chi connectivity index (χ3n) is 3.56. The van der Waals surface area contributed by atoms with E-state index in [4.69, 9.17) is 10.2 Å². The van der Waals surface area contributed by atoms with Crippen LogP contribution < -0.4 is 0 Å². The first-order chi connectivity index (χ1) is 6.69. The SMILES string of the molecule is CC1CCC(N(C)C(CO)CO)CC1. The number of nitrogens with zero attached hydrogens (tertiary/aromatic N) is 1. The van der Waals surface area contributed by atoms with Crippen molar-refractivity contribution in [2.45, 2.75) is 44.7 Å². The topological polar surface area (TPSA) is 43.7 Å². The summed E-state index contributed by atoms with van der Waals surface area (Å²) in [4.78, 5) is 2.14. The number of hydrogen-bond acceptors (Lipinski definition) is 3. The van der Waals surface area contributed by atoms with Gasteiger partial charge in [0.25, 0.3) is 0 Å². The van der Waals surface area contributed by atoms with Gasteiger partial charge >= 0.3 is 0 Å². The molecule has 0 unspecified atom stereocenters. The Morgan fingerprint density at radius 2 is 1.64 bits per heavy atom. The van der Waals surface area contributed by atoms with E-state index in [1.54, 1.807) is 0 Å². The third-order valence-corrected chi connectivity index (χ3v) is 3.56. The van der Waals surface area contributed by atoms with Gasteiger partial charge in [-0.2, -0.15) is 0 Å². The largest absolute Gasteiger partial charge is 0.395 e. The van der Waals surface area contributed by atoms with Crippen molar-refractivity contribution >= 4 is 0 Å². The first-order valence-corrected chi connectivity index (χ1v) is 5.62. The third kappa shape index (κ3) is 2.94. The van der Waals surface area contributed by atoms with Crippen LogP contribution in [0.25, 0.3) is 0 Å². The van der Waals surface area contributed by atoms with Crippen LogP contribution >= 0.6 is 0 Å². The van der Waals surface area contributed by atoms with Crippen LogP contribution in [-0.4, -0.2) is 47.5 Å². The molecule has 0 saturated heterocycles. The molecule has 1 saturated carbocycles. The summed E-state index contributed by atoms with van der Waals surface area (Å²) in [5.74, 6) is 0.848. The van der Waals surface area contributed by atoms with E-state index in [2.05, 4.69) is 11.8 Å². The van der Waals surface area contributed by atoms with Crippen molar-refractivity contribution in [3.63, 3.8) is 0 Å². The van der Waals surface area contributed by atoms with Crippen molar-refractivity contribution in [1.82, 2.24) is 4.90 Å². The average Bonchev–Trinajstić information content (AvgIpc) is 2.20. The normalized spacial score (nSPS) is 28.7. The van der Waals surface area contributed by atoms with E-state index in [0.29, 0.717) is 6.04 Å².